The summed E-state index contributed by atoms with van der Waals surface area (Å²) in [6.45, 7) is 1.86. The molecule has 1 aromatic heterocycles. The molecule has 0 saturated carbocycles. The fourth-order valence-corrected chi connectivity index (χ4v) is 3.31. The van der Waals surface area contributed by atoms with Crippen LogP contribution in [0.5, 0.6) is 5.75 Å². The lowest BCUT2D eigenvalue weighted by Gasteiger charge is -2.15. The molecule has 1 atom stereocenters. The van der Waals surface area contributed by atoms with Gasteiger partial charge in [-0.2, -0.15) is 0 Å². The first-order chi connectivity index (χ1) is 11.1. The molecule has 1 fully saturated rings. The second kappa shape index (κ2) is 6.37. The number of carbonyl (C=O) groups excluding carboxylic acids is 2. The van der Waals surface area contributed by atoms with Gasteiger partial charge < -0.3 is 4.74 Å². The fraction of sp³-hybridized carbons (Fsp3) is 0.250. The predicted molar refractivity (Wildman–Crippen MR) is 86.5 cm³/mol. The number of aryl methyl sites for hydroxylation is 1. The van der Waals surface area contributed by atoms with Crippen molar-refractivity contribution in [3.63, 3.8) is 0 Å². The van der Waals surface area contributed by atoms with Crippen LogP contribution in [0.1, 0.15) is 12.1 Å². The normalized spacial score (nSPS) is 17.7. The molecule has 0 radical (unpaired) electrons. The van der Waals surface area contributed by atoms with Crippen LogP contribution >= 0.6 is 11.8 Å². The number of rotatable bonds is 4. The minimum atomic E-state index is -0.494. The van der Waals surface area contributed by atoms with E-state index in [-0.39, 0.29) is 18.2 Å². The average molecular weight is 329 g/mol. The second-order valence-electron chi connectivity index (χ2n) is 5.06. The van der Waals surface area contributed by atoms with Crippen LogP contribution in [0.4, 0.5) is 5.69 Å². The maximum Gasteiger partial charge on any atom is 0.247 e. The van der Waals surface area contributed by atoms with Gasteiger partial charge in [-0.05, 0) is 37.3 Å². The van der Waals surface area contributed by atoms with Crippen LogP contribution in [0, 0.1) is 6.92 Å². The number of ether oxygens (including phenoxy) is 1. The van der Waals surface area contributed by atoms with Crippen LogP contribution in [0.2, 0.25) is 0 Å². The summed E-state index contributed by atoms with van der Waals surface area (Å²) in [5.41, 5.74) is 1.38. The highest BCUT2D eigenvalue weighted by atomic mass is 32.2. The first-order valence-corrected chi connectivity index (χ1v) is 7.93. The van der Waals surface area contributed by atoms with Crippen molar-refractivity contribution in [3.8, 4) is 5.75 Å². The molecular formula is C16H15N3O3S. The summed E-state index contributed by atoms with van der Waals surface area (Å²) in [5.74, 6) is 0.215. The van der Waals surface area contributed by atoms with Crippen LogP contribution < -0.4 is 9.64 Å². The molecule has 118 valence electrons. The molecule has 23 heavy (non-hydrogen) atoms. The number of methoxy groups -OCH3 is 1. The second-order valence-corrected chi connectivity index (χ2v) is 6.23. The molecular weight excluding hydrogens is 314 g/mol. The van der Waals surface area contributed by atoms with E-state index < -0.39 is 5.25 Å². The number of benzene rings is 1. The molecule has 7 heteroatoms. The number of imide groups is 1. The van der Waals surface area contributed by atoms with E-state index >= 15 is 0 Å². The van der Waals surface area contributed by atoms with Gasteiger partial charge in [-0.1, -0.05) is 11.8 Å². The number of carbonyl (C=O) groups is 2. The number of nitrogens with zero attached hydrogens (tertiary/aromatic N) is 3. The zero-order valence-electron chi connectivity index (χ0n) is 12.7. The Balaban J connectivity index is 1.79. The third kappa shape index (κ3) is 3.19. The number of thioether (sulfide) groups is 1. The van der Waals surface area contributed by atoms with Crippen molar-refractivity contribution >= 4 is 29.3 Å². The van der Waals surface area contributed by atoms with Gasteiger partial charge in [-0.25, -0.2) is 14.9 Å². The number of hydrogen-bond acceptors (Lipinski definition) is 6. The number of amides is 2. The van der Waals surface area contributed by atoms with Crippen molar-refractivity contribution < 1.29 is 14.3 Å². The average Bonchev–Trinajstić information content (AvgIpc) is 2.81. The van der Waals surface area contributed by atoms with Crippen molar-refractivity contribution in [2.75, 3.05) is 12.0 Å². The maximum atomic E-state index is 12.6. The standard InChI is InChI=1S/C16H15N3O3S/c1-10-7-8-17-16(18-10)23-13-9-14(20)19(15(13)21)11-3-5-12(22-2)6-4-11/h3-8,13H,9H2,1-2H3/t13-/m1/s1. The molecule has 2 amide bonds. The van der Waals surface area contributed by atoms with E-state index in [1.54, 1.807) is 43.6 Å². The molecule has 0 unspecified atom stereocenters. The van der Waals surface area contributed by atoms with Crippen molar-refractivity contribution in [3.05, 3.63) is 42.2 Å². The Kier molecular flexibility index (Phi) is 4.29. The van der Waals surface area contributed by atoms with Gasteiger partial charge in [0.2, 0.25) is 11.8 Å². The minimum Gasteiger partial charge on any atom is -0.497 e. The highest BCUT2D eigenvalue weighted by Gasteiger charge is 2.40. The van der Waals surface area contributed by atoms with Gasteiger partial charge in [0.15, 0.2) is 5.16 Å². The third-order valence-corrected chi connectivity index (χ3v) is 4.52. The molecule has 2 aromatic rings. The van der Waals surface area contributed by atoms with Crippen LogP contribution in [0.25, 0.3) is 0 Å². The lowest BCUT2D eigenvalue weighted by atomic mass is 10.3. The molecule has 0 N–H and O–H groups in total. The summed E-state index contributed by atoms with van der Waals surface area (Å²) in [7, 11) is 1.57. The zero-order valence-corrected chi connectivity index (χ0v) is 13.5. The van der Waals surface area contributed by atoms with Gasteiger partial charge in [0.25, 0.3) is 0 Å². The molecule has 1 aliphatic heterocycles. The summed E-state index contributed by atoms with van der Waals surface area (Å²) >= 11 is 1.22. The smallest absolute Gasteiger partial charge is 0.247 e. The topological polar surface area (TPSA) is 72.4 Å². The van der Waals surface area contributed by atoms with Crippen LogP contribution in [0.15, 0.2) is 41.7 Å². The highest BCUT2D eigenvalue weighted by molar-refractivity contribution is 8.00. The van der Waals surface area contributed by atoms with E-state index in [0.717, 1.165) is 5.69 Å². The molecule has 3 rings (SSSR count). The third-order valence-electron chi connectivity index (χ3n) is 3.46. The fourth-order valence-electron chi connectivity index (χ4n) is 2.31. The van der Waals surface area contributed by atoms with Gasteiger partial charge in [0.05, 0.1) is 12.8 Å². The molecule has 0 aliphatic carbocycles. The molecule has 1 saturated heterocycles. The summed E-state index contributed by atoms with van der Waals surface area (Å²) in [5, 5.41) is 0.0131. The summed E-state index contributed by atoms with van der Waals surface area (Å²) < 4.78 is 5.09. The first-order valence-electron chi connectivity index (χ1n) is 7.05. The van der Waals surface area contributed by atoms with Gasteiger partial charge >= 0.3 is 0 Å². The quantitative estimate of drug-likeness (QED) is 0.632. The summed E-state index contributed by atoms with van der Waals surface area (Å²) in [4.78, 5) is 34.4. The SMILES string of the molecule is COc1ccc(N2C(=O)C[C@@H](Sc3nccc(C)n3)C2=O)cc1. The summed E-state index contributed by atoms with van der Waals surface area (Å²) in [6, 6.07) is 8.63. The molecule has 0 bridgehead atoms. The Hall–Kier alpha value is -2.41. The van der Waals surface area contributed by atoms with E-state index in [4.69, 9.17) is 4.74 Å². The van der Waals surface area contributed by atoms with Crippen LogP contribution in [0.3, 0.4) is 0 Å². The minimum absolute atomic E-state index is 0.146. The Morgan fingerprint density at radius 2 is 1.96 bits per heavy atom. The van der Waals surface area contributed by atoms with Gasteiger partial charge in [-0.15, -0.1) is 0 Å². The van der Waals surface area contributed by atoms with Crippen molar-refractivity contribution in [1.82, 2.24) is 9.97 Å². The maximum absolute atomic E-state index is 12.6. The van der Waals surface area contributed by atoms with E-state index in [1.807, 2.05) is 6.92 Å². The van der Waals surface area contributed by atoms with Crippen LogP contribution in [-0.2, 0) is 9.59 Å². The van der Waals surface area contributed by atoms with E-state index in [2.05, 4.69) is 9.97 Å². The Morgan fingerprint density at radius 1 is 1.22 bits per heavy atom. The Bertz CT molecular complexity index is 748. The van der Waals surface area contributed by atoms with E-state index in [9.17, 15) is 9.59 Å². The molecule has 1 aliphatic rings. The summed E-state index contributed by atoms with van der Waals surface area (Å²) in [6.07, 6.45) is 1.79. The molecule has 6 nitrogen and oxygen atoms in total. The van der Waals surface area contributed by atoms with Crippen molar-refractivity contribution in [2.45, 2.75) is 23.8 Å². The van der Waals surface area contributed by atoms with Crippen molar-refractivity contribution in [1.29, 1.82) is 0 Å². The number of anilines is 1. The largest absolute Gasteiger partial charge is 0.497 e. The first kappa shape index (κ1) is 15.5. The molecule has 1 aromatic carbocycles. The lowest BCUT2D eigenvalue weighted by Crippen LogP contribution is -2.31. The van der Waals surface area contributed by atoms with E-state index in [1.165, 1.54) is 16.7 Å². The Morgan fingerprint density at radius 3 is 2.61 bits per heavy atom. The van der Waals surface area contributed by atoms with Gasteiger partial charge in [-0.3, -0.25) is 9.59 Å². The van der Waals surface area contributed by atoms with Gasteiger partial charge in [0, 0.05) is 18.3 Å². The van der Waals surface area contributed by atoms with Crippen LogP contribution in [-0.4, -0.2) is 34.1 Å². The monoisotopic (exact) mass is 329 g/mol. The highest BCUT2D eigenvalue weighted by Crippen LogP contribution is 2.33. The van der Waals surface area contributed by atoms with Gasteiger partial charge in [0.1, 0.15) is 11.0 Å². The van der Waals surface area contributed by atoms with Crippen molar-refractivity contribution in [2.24, 2.45) is 0 Å². The zero-order chi connectivity index (χ0) is 16.4. The van der Waals surface area contributed by atoms with E-state index in [0.29, 0.717) is 16.6 Å². The lowest BCUT2D eigenvalue weighted by molar-refractivity contribution is -0.121. The number of aromatic nitrogens is 2. The molecule has 2 heterocycles. The number of hydrogen-bond donors (Lipinski definition) is 0. The molecule has 0 spiro atoms. The Labute approximate surface area is 137 Å². The predicted octanol–water partition coefficient (Wildman–Crippen LogP) is 2.22.